The monoisotopic (exact) mass is 236 g/mol. The van der Waals surface area contributed by atoms with E-state index < -0.39 is 0 Å². The van der Waals surface area contributed by atoms with Crippen LogP contribution in [0.2, 0.25) is 0 Å². The van der Waals surface area contributed by atoms with Crippen LogP contribution >= 0.6 is 0 Å². The summed E-state index contributed by atoms with van der Waals surface area (Å²) in [6.07, 6.45) is 5.51. The highest BCUT2D eigenvalue weighted by molar-refractivity contribution is 5.88. The van der Waals surface area contributed by atoms with E-state index in [1.54, 1.807) is 0 Å². The molecule has 94 valence electrons. The number of nitrogens with zero attached hydrogens (tertiary/aromatic N) is 2. The maximum absolute atomic E-state index is 11.7. The summed E-state index contributed by atoms with van der Waals surface area (Å²) in [4.78, 5) is 15.9. The van der Waals surface area contributed by atoms with Gasteiger partial charge in [-0.15, -0.1) is 13.2 Å². The normalized spacial score (nSPS) is 16.3. The summed E-state index contributed by atoms with van der Waals surface area (Å²) in [5.74, 6) is -0.240. The smallest absolute Gasteiger partial charge is 0.336 e. The molecule has 0 aliphatic carbocycles. The summed E-state index contributed by atoms with van der Waals surface area (Å²) in [6.45, 7) is 12.5. The predicted molar refractivity (Wildman–Crippen MR) is 68.3 cm³/mol. The maximum atomic E-state index is 11.7. The van der Waals surface area contributed by atoms with Crippen LogP contribution in [0, 0.1) is 0 Å². The number of carbonyl (C=O) groups excluding carboxylic acids is 1. The number of carbonyl (C=O) groups is 1. The van der Waals surface area contributed by atoms with Crippen molar-refractivity contribution in [1.82, 2.24) is 9.80 Å². The third kappa shape index (κ3) is 4.07. The van der Waals surface area contributed by atoms with Crippen LogP contribution in [0.15, 0.2) is 37.1 Å². The zero-order chi connectivity index (χ0) is 12.7. The van der Waals surface area contributed by atoms with Crippen molar-refractivity contribution in [2.45, 2.75) is 6.92 Å². The van der Waals surface area contributed by atoms with Gasteiger partial charge in [0.1, 0.15) is 0 Å². The molecule has 0 aromatic rings. The summed E-state index contributed by atoms with van der Waals surface area (Å²) in [7, 11) is 0. The molecule has 0 unspecified atom stereocenters. The molecule has 0 atom stereocenters. The first-order valence-corrected chi connectivity index (χ1v) is 5.77. The number of hydrogen-bond donors (Lipinski definition) is 0. The predicted octanol–water partition coefficient (Wildman–Crippen LogP) is 1.38. The fraction of sp³-hybridized carbons (Fsp3) is 0.462. The van der Waals surface area contributed by atoms with Gasteiger partial charge in [0.25, 0.3) is 0 Å². The highest BCUT2D eigenvalue weighted by atomic mass is 16.5. The third-order valence-corrected chi connectivity index (χ3v) is 2.40. The van der Waals surface area contributed by atoms with Gasteiger partial charge < -0.3 is 9.64 Å². The van der Waals surface area contributed by atoms with Crippen LogP contribution in [0.3, 0.4) is 0 Å². The summed E-state index contributed by atoms with van der Waals surface area (Å²) in [6, 6.07) is 0. The van der Waals surface area contributed by atoms with E-state index in [-0.39, 0.29) is 5.97 Å². The van der Waals surface area contributed by atoms with Crippen molar-refractivity contribution < 1.29 is 9.53 Å². The van der Waals surface area contributed by atoms with Crippen molar-refractivity contribution in [3.8, 4) is 0 Å². The third-order valence-electron chi connectivity index (χ3n) is 2.40. The quantitative estimate of drug-likeness (QED) is 0.515. The van der Waals surface area contributed by atoms with Crippen molar-refractivity contribution in [3.63, 3.8) is 0 Å². The molecule has 4 heteroatoms. The largest absolute Gasteiger partial charge is 0.463 e. The Morgan fingerprint density at radius 2 is 2.18 bits per heavy atom. The van der Waals surface area contributed by atoms with E-state index in [0.717, 1.165) is 19.8 Å². The van der Waals surface area contributed by atoms with Gasteiger partial charge in [-0.25, -0.2) is 4.79 Å². The molecule has 0 amide bonds. The lowest BCUT2D eigenvalue weighted by Crippen LogP contribution is -2.42. The fourth-order valence-corrected chi connectivity index (χ4v) is 1.77. The average Bonchev–Trinajstić information content (AvgIpc) is 2.30. The molecule has 4 nitrogen and oxygen atoms in total. The molecule has 0 radical (unpaired) electrons. The molecular weight excluding hydrogens is 216 g/mol. The van der Waals surface area contributed by atoms with E-state index in [1.165, 1.54) is 0 Å². The highest BCUT2D eigenvalue weighted by Crippen LogP contribution is 2.12. The van der Waals surface area contributed by atoms with E-state index in [0.29, 0.717) is 18.7 Å². The molecule has 0 aromatic carbocycles. The minimum atomic E-state index is -0.240. The summed E-state index contributed by atoms with van der Waals surface area (Å²) < 4.78 is 5.02. The van der Waals surface area contributed by atoms with Gasteiger partial charge in [-0.3, -0.25) is 4.90 Å². The number of rotatable bonds is 6. The Kier molecular flexibility index (Phi) is 5.49. The van der Waals surface area contributed by atoms with Gasteiger partial charge in [0, 0.05) is 25.8 Å². The first kappa shape index (κ1) is 13.5. The van der Waals surface area contributed by atoms with Crippen LogP contribution in [0.25, 0.3) is 0 Å². The van der Waals surface area contributed by atoms with E-state index in [4.69, 9.17) is 4.74 Å². The van der Waals surface area contributed by atoms with Gasteiger partial charge in [0.2, 0.25) is 0 Å². The first-order chi connectivity index (χ1) is 8.21. The van der Waals surface area contributed by atoms with E-state index >= 15 is 0 Å². The Bertz CT molecular complexity index is 323. The van der Waals surface area contributed by atoms with Crippen molar-refractivity contribution in [3.05, 3.63) is 37.1 Å². The van der Waals surface area contributed by atoms with Crippen LogP contribution in [0.5, 0.6) is 0 Å². The molecule has 17 heavy (non-hydrogen) atoms. The van der Waals surface area contributed by atoms with Gasteiger partial charge in [0.15, 0.2) is 0 Å². The van der Waals surface area contributed by atoms with Gasteiger partial charge >= 0.3 is 5.97 Å². The molecule has 0 fully saturated rings. The van der Waals surface area contributed by atoms with Crippen molar-refractivity contribution >= 4 is 5.97 Å². The van der Waals surface area contributed by atoms with Gasteiger partial charge in [-0.2, -0.15) is 0 Å². The molecule has 0 spiro atoms. The standard InChI is InChI=1S/C13H20N2O2/c1-4-7-14-9-12(13(16)17-6-3)10-15(11-14)8-5-2/h4-5,9H,1-2,6-8,10-11H2,3H3. The van der Waals surface area contributed by atoms with E-state index in [2.05, 4.69) is 18.1 Å². The Labute approximate surface area is 103 Å². The van der Waals surface area contributed by atoms with Crippen LogP contribution < -0.4 is 0 Å². The minimum Gasteiger partial charge on any atom is -0.463 e. The molecule has 0 bridgehead atoms. The zero-order valence-corrected chi connectivity index (χ0v) is 10.4. The van der Waals surface area contributed by atoms with Crippen LogP contribution in [0.4, 0.5) is 0 Å². The van der Waals surface area contributed by atoms with Gasteiger partial charge in [-0.1, -0.05) is 12.2 Å². The number of ether oxygens (including phenoxy) is 1. The molecule has 1 heterocycles. The molecular formula is C13H20N2O2. The second-order valence-electron chi connectivity index (χ2n) is 3.88. The van der Waals surface area contributed by atoms with Gasteiger partial charge in [0.05, 0.1) is 18.8 Å². The molecule has 1 aliphatic rings. The number of hydrogen-bond acceptors (Lipinski definition) is 4. The second-order valence-corrected chi connectivity index (χ2v) is 3.88. The van der Waals surface area contributed by atoms with Crippen molar-refractivity contribution in [2.75, 3.05) is 32.9 Å². The Morgan fingerprint density at radius 1 is 1.47 bits per heavy atom. The topological polar surface area (TPSA) is 32.8 Å². The molecule has 1 aliphatic heterocycles. The minimum absolute atomic E-state index is 0.240. The lowest BCUT2D eigenvalue weighted by Gasteiger charge is -2.33. The Hall–Kier alpha value is -1.55. The van der Waals surface area contributed by atoms with Crippen LogP contribution in [0.1, 0.15) is 6.92 Å². The maximum Gasteiger partial charge on any atom is 0.336 e. The number of esters is 1. The van der Waals surface area contributed by atoms with Crippen LogP contribution in [-0.2, 0) is 9.53 Å². The Morgan fingerprint density at radius 3 is 2.76 bits per heavy atom. The summed E-state index contributed by atoms with van der Waals surface area (Å²) >= 11 is 0. The van der Waals surface area contributed by atoms with E-state index in [1.807, 2.05) is 30.2 Å². The SMILES string of the molecule is C=CCN1C=C(C(=O)OCC)CN(CC=C)C1. The molecule has 1 rings (SSSR count). The molecule has 0 aromatic heterocycles. The van der Waals surface area contributed by atoms with E-state index in [9.17, 15) is 4.79 Å². The summed E-state index contributed by atoms with van der Waals surface area (Å²) in [5, 5.41) is 0. The first-order valence-electron chi connectivity index (χ1n) is 5.77. The molecule has 0 saturated heterocycles. The highest BCUT2D eigenvalue weighted by Gasteiger charge is 2.21. The lowest BCUT2D eigenvalue weighted by atomic mass is 10.2. The fourth-order valence-electron chi connectivity index (χ4n) is 1.77. The second kappa shape index (κ2) is 6.91. The van der Waals surface area contributed by atoms with Crippen LogP contribution in [-0.4, -0.2) is 48.7 Å². The van der Waals surface area contributed by atoms with Crippen molar-refractivity contribution in [2.24, 2.45) is 0 Å². The molecule has 0 saturated carbocycles. The average molecular weight is 236 g/mol. The van der Waals surface area contributed by atoms with Crippen molar-refractivity contribution in [1.29, 1.82) is 0 Å². The summed E-state index contributed by atoms with van der Waals surface area (Å²) in [5.41, 5.74) is 0.682. The zero-order valence-electron chi connectivity index (χ0n) is 10.4. The lowest BCUT2D eigenvalue weighted by molar-refractivity contribution is -0.139. The molecule has 0 N–H and O–H groups in total. The van der Waals surface area contributed by atoms with Gasteiger partial charge in [-0.05, 0) is 6.92 Å². The Balaban J connectivity index is 2.74.